The smallest absolute Gasteiger partial charge is 0.163 e. The molecule has 3 rings (SSSR count). The molecule has 1 atom stereocenters. The van der Waals surface area contributed by atoms with Crippen LogP contribution in [0.25, 0.3) is 11.4 Å². The first kappa shape index (κ1) is 14.7. The van der Waals surface area contributed by atoms with Crippen molar-refractivity contribution in [3.8, 4) is 11.4 Å². The van der Waals surface area contributed by atoms with Crippen molar-refractivity contribution in [1.29, 1.82) is 0 Å². The molecule has 1 fully saturated rings. The molecular weight excluding hydrogens is 302 g/mol. The third kappa shape index (κ3) is 4.11. The maximum Gasteiger partial charge on any atom is 0.163 e. The van der Waals surface area contributed by atoms with Gasteiger partial charge in [-0.25, -0.2) is 9.97 Å². The molecule has 5 heteroatoms. The fourth-order valence-corrected chi connectivity index (χ4v) is 3.83. The third-order valence-corrected chi connectivity index (χ3v) is 5.10. The minimum absolute atomic E-state index is 0.475. The number of nitrogens with one attached hydrogen (secondary N) is 1. The predicted molar refractivity (Wildman–Crippen MR) is 91.1 cm³/mol. The van der Waals surface area contributed by atoms with Gasteiger partial charge in [0.15, 0.2) is 5.82 Å². The first-order valence-electron chi connectivity index (χ1n) is 7.27. The molecule has 0 aliphatic carbocycles. The van der Waals surface area contributed by atoms with Gasteiger partial charge in [0.25, 0.3) is 0 Å². The Kier molecular flexibility index (Phi) is 4.99. The maximum absolute atomic E-state index is 6.13. The molecule has 1 aliphatic heterocycles. The third-order valence-electron chi connectivity index (χ3n) is 3.51. The van der Waals surface area contributed by atoms with Gasteiger partial charge in [-0.15, -0.1) is 0 Å². The van der Waals surface area contributed by atoms with Crippen molar-refractivity contribution in [2.45, 2.75) is 24.5 Å². The fourth-order valence-electron chi connectivity index (χ4n) is 2.41. The van der Waals surface area contributed by atoms with Crippen LogP contribution in [0.1, 0.15) is 19.3 Å². The Morgan fingerprint density at radius 1 is 1.19 bits per heavy atom. The number of hydrogen-bond acceptors (Lipinski definition) is 4. The zero-order valence-electron chi connectivity index (χ0n) is 11.8. The summed E-state index contributed by atoms with van der Waals surface area (Å²) in [7, 11) is 0. The van der Waals surface area contributed by atoms with Crippen LogP contribution in [0.2, 0.25) is 5.15 Å². The van der Waals surface area contributed by atoms with E-state index in [1.807, 2.05) is 42.1 Å². The van der Waals surface area contributed by atoms with Crippen LogP contribution in [0.15, 0.2) is 36.4 Å². The quantitative estimate of drug-likeness (QED) is 0.842. The number of hydrogen-bond donors (Lipinski definition) is 1. The Morgan fingerprint density at radius 2 is 2.05 bits per heavy atom. The summed E-state index contributed by atoms with van der Waals surface area (Å²) in [4.78, 5) is 8.88. The Bertz CT molecular complexity index is 585. The van der Waals surface area contributed by atoms with E-state index >= 15 is 0 Å². The molecule has 2 heterocycles. The second-order valence-electron chi connectivity index (χ2n) is 5.14. The van der Waals surface area contributed by atoms with E-state index in [0.717, 1.165) is 17.9 Å². The Morgan fingerprint density at radius 3 is 2.81 bits per heavy atom. The molecule has 0 saturated carbocycles. The molecule has 0 radical (unpaired) electrons. The summed E-state index contributed by atoms with van der Waals surface area (Å²) in [6.45, 7) is 0.937. The van der Waals surface area contributed by atoms with E-state index in [1.165, 1.54) is 25.0 Å². The van der Waals surface area contributed by atoms with Gasteiger partial charge in [0.2, 0.25) is 0 Å². The summed E-state index contributed by atoms with van der Waals surface area (Å²) in [5, 5.41) is 4.56. The average molecular weight is 320 g/mol. The summed E-state index contributed by atoms with van der Waals surface area (Å²) in [6, 6.07) is 11.7. The van der Waals surface area contributed by atoms with E-state index in [-0.39, 0.29) is 0 Å². The Hall–Kier alpha value is -1.26. The van der Waals surface area contributed by atoms with Gasteiger partial charge in [-0.3, -0.25) is 0 Å². The first-order valence-corrected chi connectivity index (χ1v) is 8.69. The standard InChI is InChI=1S/C16H18ClN3S/c17-14-10-15(18-11-13-8-4-5-9-21-13)20-16(19-14)12-6-2-1-3-7-12/h1-3,6-7,10,13H,4-5,8-9,11H2,(H,18,19,20). The molecule has 1 unspecified atom stereocenters. The lowest BCUT2D eigenvalue weighted by Gasteiger charge is -2.21. The van der Waals surface area contributed by atoms with Crippen molar-refractivity contribution >= 4 is 29.2 Å². The van der Waals surface area contributed by atoms with Crippen molar-refractivity contribution in [1.82, 2.24) is 9.97 Å². The summed E-state index contributed by atoms with van der Waals surface area (Å²) in [6.07, 6.45) is 3.96. The number of anilines is 1. The van der Waals surface area contributed by atoms with Crippen molar-refractivity contribution in [2.24, 2.45) is 0 Å². The topological polar surface area (TPSA) is 37.8 Å². The highest BCUT2D eigenvalue weighted by molar-refractivity contribution is 7.99. The van der Waals surface area contributed by atoms with Gasteiger partial charge in [-0.05, 0) is 18.6 Å². The minimum Gasteiger partial charge on any atom is -0.369 e. The van der Waals surface area contributed by atoms with Gasteiger partial charge in [0.05, 0.1) is 0 Å². The monoisotopic (exact) mass is 319 g/mol. The highest BCUT2D eigenvalue weighted by Crippen LogP contribution is 2.26. The van der Waals surface area contributed by atoms with Gasteiger partial charge in [0.1, 0.15) is 11.0 Å². The number of benzene rings is 1. The van der Waals surface area contributed by atoms with Gasteiger partial charge < -0.3 is 5.32 Å². The Labute approximate surface area is 134 Å². The molecule has 0 spiro atoms. The minimum atomic E-state index is 0.475. The lowest BCUT2D eigenvalue weighted by molar-refractivity contribution is 0.677. The van der Waals surface area contributed by atoms with E-state index in [4.69, 9.17) is 11.6 Å². The van der Waals surface area contributed by atoms with Crippen LogP contribution in [-0.4, -0.2) is 27.5 Å². The van der Waals surface area contributed by atoms with E-state index in [9.17, 15) is 0 Å². The first-order chi connectivity index (χ1) is 10.3. The normalized spacial score (nSPS) is 18.4. The zero-order valence-corrected chi connectivity index (χ0v) is 13.3. The van der Waals surface area contributed by atoms with Gasteiger partial charge in [-0.1, -0.05) is 48.4 Å². The second-order valence-corrected chi connectivity index (χ2v) is 6.93. The van der Waals surface area contributed by atoms with Crippen molar-refractivity contribution in [2.75, 3.05) is 17.6 Å². The zero-order chi connectivity index (χ0) is 14.5. The Balaban J connectivity index is 1.72. The molecule has 0 amide bonds. The van der Waals surface area contributed by atoms with Crippen LogP contribution < -0.4 is 5.32 Å². The van der Waals surface area contributed by atoms with Gasteiger partial charge >= 0.3 is 0 Å². The molecule has 21 heavy (non-hydrogen) atoms. The second kappa shape index (κ2) is 7.14. The van der Waals surface area contributed by atoms with Crippen LogP contribution in [0.3, 0.4) is 0 Å². The molecule has 0 bridgehead atoms. The highest BCUT2D eigenvalue weighted by atomic mass is 35.5. The summed E-state index contributed by atoms with van der Waals surface area (Å²) in [5.41, 5.74) is 0.982. The molecule has 2 aromatic rings. The molecule has 1 aliphatic rings. The molecule has 1 saturated heterocycles. The summed E-state index contributed by atoms with van der Waals surface area (Å²) >= 11 is 8.17. The molecular formula is C16H18ClN3S. The van der Waals surface area contributed by atoms with Crippen LogP contribution >= 0.6 is 23.4 Å². The largest absolute Gasteiger partial charge is 0.369 e. The molecule has 1 aromatic heterocycles. The van der Waals surface area contributed by atoms with Crippen molar-refractivity contribution in [3.63, 3.8) is 0 Å². The predicted octanol–water partition coefficient (Wildman–Crippen LogP) is 4.49. The van der Waals surface area contributed by atoms with Crippen LogP contribution in [0, 0.1) is 0 Å². The number of aromatic nitrogens is 2. The number of nitrogens with zero attached hydrogens (tertiary/aromatic N) is 2. The SMILES string of the molecule is Clc1cc(NCC2CCCCS2)nc(-c2ccccc2)n1. The average Bonchev–Trinajstić information content (AvgIpc) is 2.54. The van der Waals surface area contributed by atoms with Crippen LogP contribution in [0.5, 0.6) is 0 Å². The molecule has 3 nitrogen and oxygen atoms in total. The number of rotatable bonds is 4. The number of thioether (sulfide) groups is 1. The fraction of sp³-hybridized carbons (Fsp3) is 0.375. The van der Waals surface area contributed by atoms with Crippen LogP contribution in [0.4, 0.5) is 5.82 Å². The highest BCUT2D eigenvalue weighted by Gasteiger charge is 2.14. The molecule has 1 N–H and O–H groups in total. The van der Waals surface area contributed by atoms with Crippen molar-refractivity contribution in [3.05, 3.63) is 41.6 Å². The van der Waals surface area contributed by atoms with E-state index in [1.54, 1.807) is 6.07 Å². The lowest BCUT2D eigenvalue weighted by atomic mass is 10.2. The summed E-state index contributed by atoms with van der Waals surface area (Å²) in [5.74, 6) is 2.74. The molecule has 1 aromatic carbocycles. The van der Waals surface area contributed by atoms with Crippen molar-refractivity contribution < 1.29 is 0 Å². The van der Waals surface area contributed by atoms with Gasteiger partial charge in [0, 0.05) is 23.4 Å². The maximum atomic E-state index is 6.13. The van der Waals surface area contributed by atoms with E-state index < -0.39 is 0 Å². The number of halogens is 1. The van der Waals surface area contributed by atoms with Crippen LogP contribution in [-0.2, 0) is 0 Å². The lowest BCUT2D eigenvalue weighted by Crippen LogP contribution is -2.20. The summed E-state index contributed by atoms with van der Waals surface area (Å²) < 4.78 is 0. The van der Waals surface area contributed by atoms with E-state index in [2.05, 4.69) is 15.3 Å². The van der Waals surface area contributed by atoms with E-state index in [0.29, 0.717) is 16.2 Å². The van der Waals surface area contributed by atoms with Gasteiger partial charge in [-0.2, -0.15) is 11.8 Å². The molecule has 110 valence electrons.